The van der Waals surface area contributed by atoms with E-state index in [0.29, 0.717) is 29.8 Å². The Morgan fingerprint density at radius 2 is 0.788 bits per heavy atom. The number of carbonyl (C=O) groups is 2. The van der Waals surface area contributed by atoms with Gasteiger partial charge in [-0.15, -0.1) is 0 Å². The Hall–Kier alpha value is -7.36. The number of halogens is 12. The van der Waals surface area contributed by atoms with Crippen molar-refractivity contribution < 1.29 is 62.3 Å². The molecule has 0 saturated carbocycles. The summed E-state index contributed by atoms with van der Waals surface area (Å²) in [6, 6.07) is 28.8. The highest BCUT2D eigenvalue weighted by molar-refractivity contribution is 6.36. The van der Waals surface area contributed by atoms with Crippen molar-refractivity contribution in [1.29, 1.82) is 0 Å². The highest BCUT2D eigenvalue weighted by Gasteiger charge is 2.42. The minimum atomic E-state index is -5.28. The molecule has 2 heterocycles. The molecule has 2 amide bonds. The smallest absolute Gasteiger partial charge is 0.307 e. The van der Waals surface area contributed by atoms with E-state index in [4.69, 9.17) is 0 Å². The Kier molecular flexibility index (Phi) is 11.1. The molecule has 0 spiro atoms. The fourth-order valence-electron chi connectivity index (χ4n) is 8.19. The summed E-state index contributed by atoms with van der Waals surface area (Å²) in [5.41, 5.74) is -8.12. The summed E-state index contributed by atoms with van der Waals surface area (Å²) < 4.78 is 172. The molecule has 7 aromatic carbocycles. The number of hydrogen-bond acceptors (Lipinski definition) is 2. The summed E-state index contributed by atoms with van der Waals surface area (Å²) in [5.74, 6) is -1.75. The van der Waals surface area contributed by atoms with Crippen molar-refractivity contribution in [2.45, 2.75) is 38.6 Å². The van der Waals surface area contributed by atoms with E-state index in [9.17, 15) is 62.3 Å². The maximum Gasteiger partial charge on any atom is 0.416 e. The van der Waals surface area contributed by atoms with Crippen LogP contribution in [0.4, 0.5) is 58.4 Å². The lowest BCUT2D eigenvalue weighted by Gasteiger charge is -2.19. The lowest BCUT2D eigenvalue weighted by Crippen LogP contribution is -2.29. The first-order valence-electron chi connectivity index (χ1n) is 19.9. The Labute approximate surface area is 366 Å². The van der Waals surface area contributed by atoms with Gasteiger partial charge in [-0.05, 0) is 82.9 Å². The van der Waals surface area contributed by atoms with Gasteiger partial charge >= 0.3 is 24.7 Å². The van der Waals surface area contributed by atoms with Crippen LogP contribution in [0.25, 0.3) is 60.9 Å². The van der Waals surface area contributed by atoms with Crippen LogP contribution in [0.1, 0.15) is 56.8 Å². The zero-order chi connectivity index (χ0) is 47.7. The maximum atomic E-state index is 14.8. The fraction of sp³-hybridized carbons (Fsp3) is 0.120. The standard InChI is InChI=1S/C48H24F12N2O2.C2H6/c49-45(50,51)29-18-27(19-30(23-29)46(52,53)54)34-12-5-14-36-37-15-6-13-35(28-20-31(47(55,56)57)24-32(21-28)48(58,59)60)42(37)62(41(34)36)39-17-7-16-38-40(39)44(64)61(43(38)63)33-11-4-10-26(22-33)25-8-2-1-3-9-25;1-2/h1-24H;1-2H3. The number of nitrogens with zero attached hydrogens (tertiary/aromatic N) is 2. The lowest BCUT2D eigenvalue weighted by atomic mass is 9.96. The van der Waals surface area contributed by atoms with Crippen molar-refractivity contribution >= 4 is 39.3 Å². The van der Waals surface area contributed by atoms with Crippen molar-refractivity contribution in [2.75, 3.05) is 4.90 Å². The van der Waals surface area contributed by atoms with E-state index in [1.807, 2.05) is 13.8 Å². The van der Waals surface area contributed by atoms with Gasteiger partial charge in [0.15, 0.2) is 0 Å². The average Bonchev–Trinajstić information content (AvgIpc) is 3.76. The second-order valence-electron chi connectivity index (χ2n) is 14.9. The van der Waals surface area contributed by atoms with Gasteiger partial charge in [-0.25, -0.2) is 4.90 Å². The largest absolute Gasteiger partial charge is 0.416 e. The van der Waals surface area contributed by atoms with Crippen molar-refractivity contribution in [3.63, 3.8) is 0 Å². The number of carbonyl (C=O) groups excluding carboxylic acids is 2. The van der Waals surface area contributed by atoms with Gasteiger partial charge < -0.3 is 4.57 Å². The third-order valence-electron chi connectivity index (χ3n) is 11.0. The molecule has 336 valence electrons. The van der Waals surface area contributed by atoms with Crippen molar-refractivity contribution in [3.05, 3.63) is 179 Å². The Morgan fingerprint density at radius 3 is 1.24 bits per heavy atom. The van der Waals surface area contributed by atoms with Gasteiger partial charge in [-0.2, -0.15) is 52.7 Å². The topological polar surface area (TPSA) is 42.3 Å². The molecule has 1 aromatic heterocycles. The summed E-state index contributed by atoms with van der Waals surface area (Å²) in [7, 11) is 0. The van der Waals surface area contributed by atoms with Crippen molar-refractivity contribution in [2.24, 2.45) is 0 Å². The van der Waals surface area contributed by atoms with E-state index in [1.165, 1.54) is 65.2 Å². The first kappa shape index (κ1) is 45.2. The quantitative estimate of drug-likeness (QED) is 0.127. The monoisotopic (exact) mass is 918 g/mol. The summed E-state index contributed by atoms with van der Waals surface area (Å²) in [5, 5.41) is 0.148. The third-order valence-corrected chi connectivity index (χ3v) is 11.0. The van der Waals surface area contributed by atoms with Crippen LogP contribution in [0.3, 0.4) is 0 Å². The molecule has 1 aliphatic rings. The van der Waals surface area contributed by atoms with Gasteiger partial charge in [0.1, 0.15) is 0 Å². The summed E-state index contributed by atoms with van der Waals surface area (Å²) in [4.78, 5) is 29.9. The molecule has 0 atom stereocenters. The molecule has 0 aliphatic carbocycles. The van der Waals surface area contributed by atoms with E-state index in [-0.39, 0.29) is 67.6 Å². The number of rotatable bonds is 5. The first-order valence-corrected chi connectivity index (χ1v) is 19.9. The van der Waals surface area contributed by atoms with Crippen LogP contribution in [0.15, 0.2) is 146 Å². The summed E-state index contributed by atoms with van der Waals surface area (Å²) in [6.07, 6.45) is -21.1. The molecular weight excluding hydrogens is 889 g/mol. The minimum absolute atomic E-state index is 0.0705. The number of benzene rings is 7. The van der Waals surface area contributed by atoms with Crippen LogP contribution in [0, 0.1) is 0 Å². The number of hydrogen-bond donors (Lipinski definition) is 0. The molecule has 4 nitrogen and oxygen atoms in total. The van der Waals surface area contributed by atoms with Crippen LogP contribution in [0.2, 0.25) is 0 Å². The Morgan fingerprint density at radius 1 is 0.379 bits per heavy atom. The third kappa shape index (κ3) is 7.94. The van der Waals surface area contributed by atoms with Crippen LogP contribution in [-0.2, 0) is 24.7 Å². The number of aromatic nitrogens is 1. The number of imide groups is 1. The van der Waals surface area contributed by atoms with E-state index >= 15 is 0 Å². The van der Waals surface area contributed by atoms with Crippen LogP contribution < -0.4 is 4.90 Å². The molecule has 8 aromatic rings. The highest BCUT2D eigenvalue weighted by atomic mass is 19.4. The molecular formula is C50H30F12N2O2. The second-order valence-corrected chi connectivity index (χ2v) is 14.9. The van der Waals surface area contributed by atoms with Crippen LogP contribution in [-0.4, -0.2) is 16.4 Å². The molecule has 0 bridgehead atoms. The van der Waals surface area contributed by atoms with Crippen molar-refractivity contribution in [3.8, 4) is 39.1 Å². The molecule has 0 N–H and O–H groups in total. The zero-order valence-corrected chi connectivity index (χ0v) is 34.1. The second kappa shape index (κ2) is 16.3. The van der Waals surface area contributed by atoms with Gasteiger partial charge in [0.2, 0.25) is 0 Å². The number of para-hydroxylation sites is 2. The van der Waals surface area contributed by atoms with Crippen LogP contribution in [0.5, 0.6) is 0 Å². The number of amides is 2. The van der Waals surface area contributed by atoms with Crippen LogP contribution >= 0.6 is 0 Å². The van der Waals surface area contributed by atoms with E-state index in [2.05, 4.69) is 0 Å². The molecule has 1 aliphatic heterocycles. The average molecular weight is 919 g/mol. The fourth-order valence-corrected chi connectivity index (χ4v) is 8.19. The van der Waals surface area contributed by atoms with E-state index in [1.54, 1.807) is 48.5 Å². The van der Waals surface area contributed by atoms with Crippen molar-refractivity contribution in [1.82, 2.24) is 4.57 Å². The Balaban J connectivity index is 0.00000292. The molecule has 0 unspecified atom stereocenters. The van der Waals surface area contributed by atoms with Gasteiger partial charge in [-0.1, -0.05) is 98.8 Å². The minimum Gasteiger partial charge on any atom is -0.307 e. The predicted molar refractivity (Wildman–Crippen MR) is 226 cm³/mol. The normalized spacial score (nSPS) is 13.3. The van der Waals surface area contributed by atoms with E-state index < -0.39 is 69.9 Å². The first-order chi connectivity index (χ1) is 31.1. The lowest BCUT2D eigenvalue weighted by molar-refractivity contribution is -0.144. The SMILES string of the molecule is CC.O=C1c2cccc(-n3c4c(-c5cc(C(F)(F)F)cc(C(F)(F)F)c5)cccc4c4cccc(-c5cc(C(F)(F)F)cc(C(F)(F)F)c5)c43)c2C(=O)N1c1cccc(-c2ccccc2)c1. The molecule has 0 saturated heterocycles. The number of alkyl halides is 12. The number of anilines is 1. The maximum absolute atomic E-state index is 14.8. The van der Waals surface area contributed by atoms with E-state index in [0.717, 1.165) is 10.5 Å². The van der Waals surface area contributed by atoms with Gasteiger partial charge in [0.05, 0.1) is 55.8 Å². The van der Waals surface area contributed by atoms with Gasteiger partial charge in [0.25, 0.3) is 11.8 Å². The highest BCUT2D eigenvalue weighted by Crippen LogP contribution is 2.47. The predicted octanol–water partition coefficient (Wildman–Crippen LogP) is 15.7. The summed E-state index contributed by atoms with van der Waals surface area (Å²) in [6.45, 7) is 4.00. The molecule has 0 fully saturated rings. The molecule has 9 rings (SSSR count). The van der Waals surface area contributed by atoms with Gasteiger partial charge in [-0.3, -0.25) is 9.59 Å². The summed E-state index contributed by atoms with van der Waals surface area (Å²) >= 11 is 0. The zero-order valence-electron chi connectivity index (χ0n) is 34.1. The molecule has 16 heteroatoms. The Bertz CT molecular complexity index is 3020. The van der Waals surface area contributed by atoms with Gasteiger partial charge in [0, 0.05) is 21.9 Å². The number of fused-ring (bicyclic) bond motifs is 4. The molecule has 66 heavy (non-hydrogen) atoms. The molecule has 0 radical (unpaired) electrons.